The zero-order chi connectivity index (χ0) is 15.4. The van der Waals surface area contributed by atoms with Crippen LogP contribution in [0.3, 0.4) is 0 Å². The summed E-state index contributed by atoms with van der Waals surface area (Å²) in [4.78, 5) is 13.1. The van der Waals surface area contributed by atoms with Crippen LogP contribution in [0.2, 0.25) is 0 Å². The van der Waals surface area contributed by atoms with Crippen molar-refractivity contribution in [2.24, 2.45) is 0 Å². The molecule has 1 N–H and O–H groups in total. The van der Waals surface area contributed by atoms with Crippen LogP contribution in [-0.2, 0) is 17.6 Å². The van der Waals surface area contributed by atoms with Gasteiger partial charge in [-0.25, -0.2) is 0 Å². The van der Waals surface area contributed by atoms with Gasteiger partial charge in [-0.3, -0.25) is 4.79 Å². The van der Waals surface area contributed by atoms with Gasteiger partial charge in [0.15, 0.2) is 0 Å². The fraction of sp³-hybridized carbons (Fsp3) is 0.235. The number of hydrogen-bond acceptors (Lipinski definition) is 3. The van der Waals surface area contributed by atoms with Crippen molar-refractivity contribution in [1.29, 1.82) is 0 Å². The number of rotatable bonds is 5. The topological polar surface area (TPSA) is 38.3 Å². The van der Waals surface area contributed by atoms with E-state index in [2.05, 4.69) is 33.4 Å². The van der Waals surface area contributed by atoms with E-state index in [9.17, 15) is 4.79 Å². The summed E-state index contributed by atoms with van der Waals surface area (Å²) in [5.74, 6) is 0.899. The predicted octanol–water partition coefficient (Wildman–Crippen LogP) is 3.82. The first-order valence-corrected chi connectivity index (χ1v) is 8.77. The highest BCUT2D eigenvalue weighted by molar-refractivity contribution is 9.11. The minimum atomic E-state index is -0.0626. The lowest BCUT2D eigenvalue weighted by Crippen LogP contribution is -2.23. The van der Waals surface area contributed by atoms with Crippen molar-refractivity contribution < 1.29 is 9.53 Å². The maximum absolute atomic E-state index is 11.8. The number of carbonyl (C=O) groups excluding carboxylic acids is 1. The van der Waals surface area contributed by atoms with E-state index in [1.807, 2.05) is 24.3 Å². The van der Waals surface area contributed by atoms with E-state index in [4.69, 9.17) is 4.74 Å². The Balaban J connectivity index is 1.48. The van der Waals surface area contributed by atoms with Gasteiger partial charge in [-0.15, -0.1) is 11.3 Å². The molecule has 22 heavy (non-hydrogen) atoms. The van der Waals surface area contributed by atoms with E-state index in [1.165, 1.54) is 10.4 Å². The minimum Gasteiger partial charge on any atom is -0.493 e. The molecule has 1 aliphatic rings. The second kappa shape index (κ2) is 7.11. The molecule has 0 aliphatic carbocycles. The van der Waals surface area contributed by atoms with Gasteiger partial charge in [-0.2, -0.15) is 0 Å². The van der Waals surface area contributed by atoms with Crippen molar-refractivity contribution in [3.05, 3.63) is 56.2 Å². The van der Waals surface area contributed by atoms with Gasteiger partial charge >= 0.3 is 0 Å². The van der Waals surface area contributed by atoms with Crippen LogP contribution in [0.15, 0.2) is 40.2 Å². The zero-order valence-electron chi connectivity index (χ0n) is 12.0. The molecule has 0 saturated carbocycles. The molecular formula is C17H16BrNO2S. The fourth-order valence-corrected chi connectivity index (χ4v) is 3.82. The number of halogens is 1. The molecule has 0 spiro atoms. The Morgan fingerprint density at radius 2 is 2.27 bits per heavy atom. The van der Waals surface area contributed by atoms with Crippen molar-refractivity contribution in [3.63, 3.8) is 0 Å². The van der Waals surface area contributed by atoms with Gasteiger partial charge in [0.25, 0.3) is 0 Å². The summed E-state index contributed by atoms with van der Waals surface area (Å²) in [6.45, 7) is 1.40. The van der Waals surface area contributed by atoms with Crippen molar-refractivity contribution in [3.8, 4) is 5.75 Å². The highest BCUT2D eigenvalue weighted by atomic mass is 79.9. The molecule has 0 bridgehead atoms. The molecule has 0 unspecified atom stereocenters. The van der Waals surface area contributed by atoms with Crippen LogP contribution in [0.1, 0.15) is 16.0 Å². The summed E-state index contributed by atoms with van der Waals surface area (Å²) in [6.07, 6.45) is 5.23. The molecule has 114 valence electrons. The Bertz CT molecular complexity index is 708. The van der Waals surface area contributed by atoms with E-state index in [0.29, 0.717) is 6.54 Å². The summed E-state index contributed by atoms with van der Waals surface area (Å²) >= 11 is 5.13. The molecule has 0 atom stereocenters. The lowest BCUT2D eigenvalue weighted by Gasteiger charge is -2.01. The Morgan fingerprint density at radius 3 is 3.09 bits per heavy atom. The molecule has 5 heteroatoms. The van der Waals surface area contributed by atoms with Crippen LogP contribution >= 0.6 is 27.3 Å². The maximum Gasteiger partial charge on any atom is 0.244 e. The van der Waals surface area contributed by atoms with E-state index >= 15 is 0 Å². The molecule has 3 rings (SSSR count). The molecule has 3 nitrogen and oxygen atoms in total. The average Bonchev–Trinajstić information content (AvgIpc) is 3.13. The van der Waals surface area contributed by atoms with Crippen LogP contribution in [0.5, 0.6) is 5.75 Å². The summed E-state index contributed by atoms with van der Waals surface area (Å²) in [7, 11) is 0. The second-order valence-electron chi connectivity index (χ2n) is 5.05. The van der Waals surface area contributed by atoms with E-state index in [1.54, 1.807) is 17.4 Å². The lowest BCUT2D eigenvalue weighted by molar-refractivity contribution is -0.116. The second-order valence-corrected chi connectivity index (χ2v) is 7.59. The van der Waals surface area contributed by atoms with Crippen molar-refractivity contribution in [2.75, 3.05) is 13.2 Å². The standard InChI is InChI=1S/C17H16BrNO2S/c18-16-5-3-14(22-16)7-9-19-17(20)6-2-12-1-4-15-13(11-12)8-10-21-15/h1-6,11H,7-10H2,(H,19,20)/b6-2+. The molecule has 0 saturated heterocycles. The number of nitrogens with one attached hydrogen (secondary N) is 1. The first kappa shape index (κ1) is 15.3. The van der Waals surface area contributed by atoms with Gasteiger partial charge in [0.2, 0.25) is 5.91 Å². The number of ether oxygens (including phenoxy) is 1. The summed E-state index contributed by atoms with van der Waals surface area (Å²) in [5.41, 5.74) is 2.24. The number of thiophene rings is 1. The largest absolute Gasteiger partial charge is 0.493 e. The first-order valence-electron chi connectivity index (χ1n) is 7.16. The van der Waals surface area contributed by atoms with Crippen LogP contribution in [0.4, 0.5) is 0 Å². The van der Waals surface area contributed by atoms with E-state index in [-0.39, 0.29) is 5.91 Å². The molecule has 2 heterocycles. The maximum atomic E-state index is 11.8. The van der Waals surface area contributed by atoms with Crippen LogP contribution in [-0.4, -0.2) is 19.1 Å². The van der Waals surface area contributed by atoms with Gasteiger partial charge in [0.1, 0.15) is 5.75 Å². The zero-order valence-corrected chi connectivity index (χ0v) is 14.4. The van der Waals surface area contributed by atoms with Gasteiger partial charge in [-0.05, 0) is 63.8 Å². The Morgan fingerprint density at radius 1 is 1.36 bits per heavy atom. The molecule has 2 aromatic rings. The van der Waals surface area contributed by atoms with Gasteiger partial charge < -0.3 is 10.1 Å². The lowest BCUT2D eigenvalue weighted by atomic mass is 10.1. The Kier molecular flexibility index (Phi) is 4.95. The molecule has 1 amide bonds. The average molecular weight is 378 g/mol. The third-order valence-electron chi connectivity index (χ3n) is 3.44. The quantitative estimate of drug-likeness (QED) is 0.804. The number of amides is 1. The highest BCUT2D eigenvalue weighted by Gasteiger charge is 2.11. The molecule has 1 aromatic heterocycles. The van der Waals surface area contributed by atoms with E-state index < -0.39 is 0 Å². The summed E-state index contributed by atoms with van der Waals surface area (Å²) in [6, 6.07) is 10.1. The number of carbonyl (C=O) groups is 1. The van der Waals surface area contributed by atoms with Crippen molar-refractivity contribution in [1.82, 2.24) is 5.32 Å². The van der Waals surface area contributed by atoms with Crippen molar-refractivity contribution in [2.45, 2.75) is 12.8 Å². The summed E-state index contributed by atoms with van der Waals surface area (Å²) in [5, 5.41) is 2.90. The Labute approximate surface area is 142 Å². The SMILES string of the molecule is O=C(/C=C/c1ccc2c(c1)CCO2)NCCc1ccc(Br)s1. The molecule has 1 aromatic carbocycles. The molecule has 0 fully saturated rings. The first-order chi connectivity index (χ1) is 10.7. The van der Waals surface area contributed by atoms with Gasteiger partial charge in [0, 0.05) is 23.9 Å². The normalized spacial score (nSPS) is 13.1. The monoisotopic (exact) mass is 377 g/mol. The smallest absolute Gasteiger partial charge is 0.244 e. The van der Waals surface area contributed by atoms with Gasteiger partial charge in [-0.1, -0.05) is 6.07 Å². The van der Waals surface area contributed by atoms with Crippen LogP contribution in [0.25, 0.3) is 6.08 Å². The fourth-order valence-electron chi connectivity index (χ4n) is 2.34. The number of hydrogen-bond donors (Lipinski definition) is 1. The highest BCUT2D eigenvalue weighted by Crippen LogP contribution is 2.26. The number of fused-ring (bicyclic) bond motifs is 1. The third-order valence-corrected chi connectivity index (χ3v) is 5.12. The van der Waals surface area contributed by atoms with Gasteiger partial charge in [0.05, 0.1) is 10.4 Å². The molecule has 0 radical (unpaired) electrons. The summed E-state index contributed by atoms with van der Waals surface area (Å²) < 4.78 is 6.59. The van der Waals surface area contributed by atoms with Crippen LogP contribution < -0.4 is 10.1 Å². The molecule has 1 aliphatic heterocycles. The predicted molar refractivity (Wildman–Crippen MR) is 93.4 cm³/mol. The number of benzene rings is 1. The third kappa shape index (κ3) is 3.99. The molecular weight excluding hydrogens is 362 g/mol. The minimum absolute atomic E-state index is 0.0626. The van der Waals surface area contributed by atoms with Crippen LogP contribution in [0, 0.1) is 0 Å². The van der Waals surface area contributed by atoms with E-state index in [0.717, 1.165) is 34.5 Å². The Hall–Kier alpha value is -1.59. The van der Waals surface area contributed by atoms with Crippen molar-refractivity contribution >= 4 is 39.2 Å².